The van der Waals surface area contributed by atoms with Crippen LogP contribution in [-0.2, 0) is 9.59 Å². The number of hydrogen-bond donors (Lipinski definition) is 7. The average Bonchev–Trinajstić information content (AvgIpc) is 2.74. The van der Waals surface area contributed by atoms with Crippen molar-refractivity contribution in [2.45, 2.75) is 57.9 Å². The van der Waals surface area contributed by atoms with Gasteiger partial charge in [-0.2, -0.15) is 0 Å². The number of amides is 2. The minimum absolute atomic E-state index is 0.0903. The molecule has 1 rings (SSSR count). The highest BCUT2D eigenvalue weighted by Gasteiger charge is 2.30. The first kappa shape index (κ1) is 27.8. The Morgan fingerprint density at radius 1 is 1.12 bits per heavy atom. The fraction of sp³-hybridized carbons (Fsp3) is 0.550. The fourth-order valence-corrected chi connectivity index (χ4v) is 3.16. The lowest BCUT2D eigenvalue weighted by molar-refractivity contribution is -0.525. The molecule has 0 aliphatic carbocycles. The Bertz CT molecular complexity index is 795. The van der Waals surface area contributed by atoms with Gasteiger partial charge in [0.25, 0.3) is 5.96 Å². The molecule has 1 unspecified atom stereocenters. The first-order valence-electron chi connectivity index (χ1n) is 10.8. The monoisotopic (exact) mass is 464 g/mol. The van der Waals surface area contributed by atoms with Gasteiger partial charge in [-0.05, 0) is 37.7 Å². The summed E-state index contributed by atoms with van der Waals surface area (Å²) in [6.45, 7) is 5.61. The number of rotatable bonds is 13. The summed E-state index contributed by atoms with van der Waals surface area (Å²) in [5.41, 5.74) is 2.44. The van der Waals surface area contributed by atoms with Crippen LogP contribution in [0, 0.1) is 21.4 Å². The number of hydrazine groups is 1. The number of guanidine groups is 1. The molecule has 0 aliphatic rings. The molecule has 0 radical (unpaired) electrons. The predicted octanol–water partition coefficient (Wildman–Crippen LogP) is -0.0963. The third-order valence-corrected chi connectivity index (χ3v) is 4.91. The number of benzene rings is 1. The van der Waals surface area contributed by atoms with E-state index in [1.165, 1.54) is 0 Å². The molecule has 0 heterocycles. The summed E-state index contributed by atoms with van der Waals surface area (Å²) in [4.78, 5) is 36.0. The van der Waals surface area contributed by atoms with Crippen LogP contribution in [0.15, 0.2) is 30.3 Å². The van der Waals surface area contributed by atoms with E-state index in [1.807, 2.05) is 32.0 Å². The van der Waals surface area contributed by atoms with E-state index in [1.54, 1.807) is 24.5 Å². The zero-order valence-electron chi connectivity index (χ0n) is 19.1. The van der Waals surface area contributed by atoms with Crippen LogP contribution in [0.5, 0.6) is 0 Å². The van der Waals surface area contributed by atoms with Gasteiger partial charge in [-0.1, -0.05) is 49.6 Å². The zero-order chi connectivity index (χ0) is 25.0. The number of nitrogens with zero attached hydrogens (tertiary/aromatic N) is 1. The van der Waals surface area contributed by atoms with Gasteiger partial charge in [-0.3, -0.25) is 15.0 Å². The van der Waals surface area contributed by atoms with Crippen molar-refractivity contribution in [1.82, 2.24) is 21.4 Å². The van der Waals surface area contributed by atoms with Gasteiger partial charge in [0.2, 0.25) is 11.8 Å². The van der Waals surface area contributed by atoms with E-state index in [-0.39, 0.29) is 24.8 Å². The van der Waals surface area contributed by atoms with Crippen LogP contribution < -0.4 is 21.4 Å². The standard InChI is InChI=1S/C20H33BN6O6/c1-13(2)12-17(21(30)31)25-19(29)16(10-7-11-23-20(22)26-27(32)33)24-18(28)14(3)15-8-5-4-6-9-15/h4-6,8-9,13-14,16-17,30-31H,7,10-12H2,1-3H3,(H,24,28)(H,25,29)(H3,22,23,26)/t14?,16-,17-/m0/s1. The van der Waals surface area contributed by atoms with Crippen molar-refractivity contribution in [2.75, 3.05) is 6.54 Å². The summed E-state index contributed by atoms with van der Waals surface area (Å²) < 4.78 is 0. The molecule has 13 heteroatoms. The summed E-state index contributed by atoms with van der Waals surface area (Å²) in [5.74, 6) is -2.77. The van der Waals surface area contributed by atoms with Gasteiger partial charge < -0.3 is 26.0 Å². The number of hydrogen-bond acceptors (Lipinski definition) is 7. The van der Waals surface area contributed by atoms with Crippen molar-refractivity contribution in [3.8, 4) is 0 Å². The second-order valence-electron chi connectivity index (χ2n) is 8.16. The summed E-state index contributed by atoms with van der Waals surface area (Å²) in [7, 11) is -1.76. The van der Waals surface area contributed by atoms with Gasteiger partial charge in [0.1, 0.15) is 6.04 Å². The highest BCUT2D eigenvalue weighted by atomic mass is 16.7. The van der Waals surface area contributed by atoms with Gasteiger partial charge in [0.05, 0.1) is 11.9 Å². The Kier molecular flexibility index (Phi) is 11.9. The SMILES string of the molecule is CC(C)C[C@H](NC(=O)[C@H](CCCNC(=N)N[N+](=O)[O-])NC(=O)C(C)c1ccccc1)B(O)O. The largest absolute Gasteiger partial charge is 0.475 e. The maximum atomic E-state index is 12.9. The molecule has 0 aromatic heterocycles. The summed E-state index contributed by atoms with van der Waals surface area (Å²) in [6.07, 6.45) is 0.792. The molecule has 0 saturated heterocycles. The van der Waals surface area contributed by atoms with Gasteiger partial charge in [0, 0.05) is 6.54 Å². The van der Waals surface area contributed by atoms with Crippen molar-refractivity contribution < 1.29 is 24.7 Å². The van der Waals surface area contributed by atoms with E-state index in [4.69, 9.17) is 5.41 Å². The first-order chi connectivity index (χ1) is 15.5. The Balaban J connectivity index is 2.83. The number of carbonyl (C=O) groups excluding carboxylic acids is 2. The molecule has 33 heavy (non-hydrogen) atoms. The van der Waals surface area contributed by atoms with Crippen molar-refractivity contribution in [2.24, 2.45) is 5.92 Å². The second-order valence-corrected chi connectivity index (χ2v) is 8.16. The lowest BCUT2D eigenvalue weighted by atomic mass is 9.75. The molecule has 7 N–H and O–H groups in total. The normalized spacial score (nSPS) is 13.4. The number of carbonyl (C=O) groups is 2. The van der Waals surface area contributed by atoms with Crippen LogP contribution in [0.3, 0.4) is 0 Å². The van der Waals surface area contributed by atoms with Gasteiger partial charge in [-0.25, -0.2) is 10.1 Å². The van der Waals surface area contributed by atoms with Crippen LogP contribution in [0.4, 0.5) is 0 Å². The summed E-state index contributed by atoms with van der Waals surface area (Å²) >= 11 is 0. The third kappa shape index (κ3) is 10.8. The molecule has 12 nitrogen and oxygen atoms in total. The Labute approximate surface area is 193 Å². The summed E-state index contributed by atoms with van der Waals surface area (Å²) in [6, 6.07) is 8.08. The quantitative estimate of drug-likeness (QED) is 0.0526. The van der Waals surface area contributed by atoms with E-state index < -0.39 is 41.9 Å². The van der Waals surface area contributed by atoms with Gasteiger partial charge >= 0.3 is 7.12 Å². The maximum absolute atomic E-state index is 12.9. The fourth-order valence-electron chi connectivity index (χ4n) is 3.16. The molecule has 2 amide bonds. The van der Waals surface area contributed by atoms with Crippen LogP contribution >= 0.6 is 0 Å². The predicted molar refractivity (Wildman–Crippen MR) is 123 cm³/mol. The van der Waals surface area contributed by atoms with Crippen LogP contribution in [0.1, 0.15) is 51.5 Å². The second kappa shape index (κ2) is 14.1. The zero-order valence-corrected chi connectivity index (χ0v) is 19.1. The van der Waals surface area contributed by atoms with E-state index in [9.17, 15) is 29.8 Å². The lowest BCUT2D eigenvalue weighted by Gasteiger charge is -2.25. The molecule has 1 aromatic rings. The van der Waals surface area contributed by atoms with Crippen LogP contribution in [0.25, 0.3) is 0 Å². The van der Waals surface area contributed by atoms with Gasteiger partial charge in [0.15, 0.2) is 5.03 Å². The molecule has 3 atom stereocenters. The average molecular weight is 464 g/mol. The maximum Gasteiger partial charge on any atom is 0.475 e. The highest BCUT2D eigenvalue weighted by Crippen LogP contribution is 2.15. The van der Waals surface area contributed by atoms with Crippen molar-refractivity contribution in [3.63, 3.8) is 0 Å². The Hall–Kier alpha value is -3.19. The van der Waals surface area contributed by atoms with E-state index in [0.717, 1.165) is 5.56 Å². The van der Waals surface area contributed by atoms with E-state index >= 15 is 0 Å². The van der Waals surface area contributed by atoms with Crippen LogP contribution in [0.2, 0.25) is 0 Å². The number of nitro groups is 1. The molecule has 0 spiro atoms. The molecule has 1 aromatic carbocycles. The Morgan fingerprint density at radius 2 is 1.76 bits per heavy atom. The highest BCUT2D eigenvalue weighted by molar-refractivity contribution is 6.43. The third-order valence-electron chi connectivity index (χ3n) is 4.91. The molecule has 0 fully saturated rings. The van der Waals surface area contributed by atoms with Crippen molar-refractivity contribution in [3.05, 3.63) is 46.0 Å². The molecule has 182 valence electrons. The molecular formula is C20H33BN6O6. The first-order valence-corrected chi connectivity index (χ1v) is 10.8. The smallest absolute Gasteiger partial charge is 0.426 e. The minimum Gasteiger partial charge on any atom is -0.426 e. The topological polar surface area (TPSA) is 190 Å². The molecule has 0 bridgehead atoms. The van der Waals surface area contributed by atoms with Crippen molar-refractivity contribution in [1.29, 1.82) is 5.41 Å². The Morgan fingerprint density at radius 3 is 2.30 bits per heavy atom. The minimum atomic E-state index is -1.76. The van der Waals surface area contributed by atoms with Crippen molar-refractivity contribution >= 4 is 24.9 Å². The van der Waals surface area contributed by atoms with Gasteiger partial charge in [-0.15, -0.1) is 0 Å². The van der Waals surface area contributed by atoms with Crippen LogP contribution in [-0.4, -0.2) is 58.5 Å². The number of nitrogens with one attached hydrogen (secondary N) is 5. The molecule has 0 saturated carbocycles. The molecular weight excluding hydrogens is 431 g/mol. The lowest BCUT2D eigenvalue weighted by Crippen LogP contribution is -2.54. The summed E-state index contributed by atoms with van der Waals surface area (Å²) in [5, 5.41) is 43.9. The van der Waals surface area contributed by atoms with E-state index in [0.29, 0.717) is 12.8 Å². The molecule has 0 aliphatic heterocycles. The van der Waals surface area contributed by atoms with E-state index in [2.05, 4.69) is 16.0 Å².